The van der Waals surface area contributed by atoms with Crippen molar-refractivity contribution in [2.24, 2.45) is 0 Å². The number of carbonyl (C=O) groups is 1. The molecule has 1 heterocycles. The van der Waals surface area contributed by atoms with Crippen LogP contribution in [0.4, 0.5) is 0 Å². The number of benzene rings is 1. The lowest BCUT2D eigenvalue weighted by Gasteiger charge is -2.15. The van der Waals surface area contributed by atoms with Crippen LogP contribution in [-0.2, 0) is 17.6 Å². The molecule has 5 heteroatoms. The predicted molar refractivity (Wildman–Crippen MR) is 82.4 cm³/mol. The van der Waals surface area contributed by atoms with E-state index in [1.165, 1.54) is 0 Å². The maximum atomic E-state index is 11.7. The Balaban J connectivity index is 2.38. The van der Waals surface area contributed by atoms with Gasteiger partial charge in [0.25, 0.3) is 0 Å². The van der Waals surface area contributed by atoms with E-state index >= 15 is 0 Å². The number of carboxylic acid groups (broad SMARTS) is 1. The van der Waals surface area contributed by atoms with Crippen molar-refractivity contribution < 1.29 is 19.2 Å². The van der Waals surface area contributed by atoms with Gasteiger partial charge in [-0.2, -0.15) is 0 Å². The summed E-state index contributed by atoms with van der Waals surface area (Å²) in [6.45, 7) is 5.65. The lowest BCUT2D eigenvalue weighted by molar-refractivity contribution is -0.138. The Kier molecular flexibility index (Phi) is 4.85. The van der Waals surface area contributed by atoms with Gasteiger partial charge in [0, 0.05) is 5.56 Å². The Bertz CT molecular complexity index is 656. The van der Waals surface area contributed by atoms with Crippen LogP contribution in [0.25, 0.3) is 0 Å². The van der Waals surface area contributed by atoms with Gasteiger partial charge in [0.2, 0.25) is 0 Å². The quantitative estimate of drug-likeness (QED) is 0.886. The lowest BCUT2D eigenvalue weighted by atomic mass is 9.90. The molecule has 1 atom stereocenters. The van der Waals surface area contributed by atoms with Crippen molar-refractivity contribution in [1.82, 2.24) is 5.16 Å². The first-order valence-corrected chi connectivity index (χ1v) is 7.29. The first-order chi connectivity index (χ1) is 10.5. The number of rotatable bonds is 6. The minimum absolute atomic E-state index is 0.367. The van der Waals surface area contributed by atoms with Gasteiger partial charge in [-0.05, 0) is 43.9 Å². The molecular formula is C17H21NO4. The molecule has 0 bridgehead atoms. The fourth-order valence-corrected chi connectivity index (χ4v) is 2.64. The third-order valence-electron chi connectivity index (χ3n) is 3.98. The van der Waals surface area contributed by atoms with Crippen LogP contribution >= 0.6 is 0 Å². The van der Waals surface area contributed by atoms with E-state index in [9.17, 15) is 9.90 Å². The molecule has 0 amide bonds. The highest BCUT2D eigenvalue weighted by molar-refractivity contribution is 5.77. The lowest BCUT2D eigenvalue weighted by Crippen LogP contribution is -2.15. The first-order valence-electron chi connectivity index (χ1n) is 7.29. The number of aryl methyl sites for hydroxylation is 3. The minimum atomic E-state index is -0.854. The molecule has 1 unspecified atom stereocenters. The SMILES string of the molecule is CCc1cc(C(Cc2c(C)noc2C)C(=O)O)ccc1OC. The number of ether oxygens (including phenoxy) is 1. The Hall–Kier alpha value is -2.30. The molecule has 0 saturated heterocycles. The van der Waals surface area contributed by atoms with E-state index in [1.54, 1.807) is 14.0 Å². The summed E-state index contributed by atoms with van der Waals surface area (Å²) in [4.78, 5) is 11.7. The Morgan fingerprint density at radius 3 is 2.64 bits per heavy atom. The van der Waals surface area contributed by atoms with E-state index in [0.717, 1.165) is 34.6 Å². The number of hydrogen-bond acceptors (Lipinski definition) is 4. The van der Waals surface area contributed by atoms with Crippen molar-refractivity contribution in [2.75, 3.05) is 7.11 Å². The largest absolute Gasteiger partial charge is 0.496 e. The molecule has 0 fully saturated rings. The van der Waals surface area contributed by atoms with E-state index in [4.69, 9.17) is 9.26 Å². The van der Waals surface area contributed by atoms with Crippen LogP contribution < -0.4 is 4.74 Å². The topological polar surface area (TPSA) is 72.6 Å². The molecule has 0 radical (unpaired) electrons. The molecule has 118 valence electrons. The van der Waals surface area contributed by atoms with Crippen molar-refractivity contribution >= 4 is 5.97 Å². The van der Waals surface area contributed by atoms with E-state index in [-0.39, 0.29) is 0 Å². The summed E-state index contributed by atoms with van der Waals surface area (Å²) in [6, 6.07) is 5.56. The van der Waals surface area contributed by atoms with Gasteiger partial charge >= 0.3 is 5.97 Å². The number of nitrogens with zero attached hydrogens (tertiary/aromatic N) is 1. The number of methoxy groups -OCH3 is 1. The smallest absolute Gasteiger partial charge is 0.311 e. The summed E-state index contributed by atoms with van der Waals surface area (Å²) in [7, 11) is 1.62. The molecule has 22 heavy (non-hydrogen) atoms. The van der Waals surface area contributed by atoms with Crippen molar-refractivity contribution in [3.05, 3.63) is 46.3 Å². The monoisotopic (exact) mass is 303 g/mol. The zero-order chi connectivity index (χ0) is 16.3. The summed E-state index contributed by atoms with van der Waals surface area (Å²) in [6.07, 6.45) is 1.15. The van der Waals surface area contributed by atoms with E-state index < -0.39 is 11.9 Å². The third kappa shape index (κ3) is 3.13. The zero-order valence-corrected chi connectivity index (χ0v) is 13.3. The van der Waals surface area contributed by atoms with Crippen molar-refractivity contribution in [2.45, 2.75) is 39.5 Å². The van der Waals surface area contributed by atoms with Gasteiger partial charge in [-0.1, -0.05) is 24.2 Å². The number of aromatic nitrogens is 1. The van der Waals surface area contributed by atoms with Gasteiger partial charge < -0.3 is 14.4 Å². The van der Waals surface area contributed by atoms with Gasteiger partial charge in [-0.15, -0.1) is 0 Å². The second kappa shape index (κ2) is 6.64. The number of hydrogen-bond donors (Lipinski definition) is 1. The van der Waals surface area contributed by atoms with Crippen LogP contribution in [0.5, 0.6) is 5.75 Å². The van der Waals surface area contributed by atoms with Crippen molar-refractivity contribution in [3.63, 3.8) is 0 Å². The maximum absolute atomic E-state index is 11.7. The molecule has 0 saturated carbocycles. The number of carboxylic acids is 1. The van der Waals surface area contributed by atoms with Crippen LogP contribution in [0.3, 0.4) is 0 Å². The van der Waals surface area contributed by atoms with Gasteiger partial charge in [0.15, 0.2) is 0 Å². The average molecular weight is 303 g/mol. The van der Waals surface area contributed by atoms with Gasteiger partial charge in [-0.25, -0.2) is 0 Å². The molecule has 2 aromatic rings. The third-order valence-corrected chi connectivity index (χ3v) is 3.98. The van der Waals surface area contributed by atoms with Crippen molar-refractivity contribution in [3.8, 4) is 5.75 Å². The molecule has 5 nitrogen and oxygen atoms in total. The highest BCUT2D eigenvalue weighted by Crippen LogP contribution is 2.29. The van der Waals surface area contributed by atoms with Crippen LogP contribution in [0.15, 0.2) is 22.7 Å². The second-order valence-electron chi connectivity index (χ2n) is 5.32. The highest BCUT2D eigenvalue weighted by Gasteiger charge is 2.24. The molecule has 1 aromatic carbocycles. The summed E-state index contributed by atoms with van der Waals surface area (Å²) in [5.41, 5.74) is 3.38. The van der Waals surface area contributed by atoms with Gasteiger partial charge in [-0.3, -0.25) is 4.79 Å². The summed E-state index contributed by atoms with van der Waals surface area (Å²) < 4.78 is 10.4. The molecule has 1 N–H and O–H groups in total. The number of aliphatic carboxylic acids is 1. The molecule has 0 aliphatic rings. The van der Waals surface area contributed by atoms with E-state index in [1.807, 2.05) is 32.0 Å². The average Bonchev–Trinajstić information content (AvgIpc) is 2.82. The second-order valence-corrected chi connectivity index (χ2v) is 5.32. The molecule has 0 aliphatic carbocycles. The fraction of sp³-hybridized carbons (Fsp3) is 0.412. The van der Waals surface area contributed by atoms with Crippen LogP contribution in [0, 0.1) is 13.8 Å². The van der Waals surface area contributed by atoms with E-state index in [2.05, 4.69) is 5.16 Å². The molecular weight excluding hydrogens is 282 g/mol. The zero-order valence-electron chi connectivity index (χ0n) is 13.3. The summed E-state index contributed by atoms with van der Waals surface area (Å²) >= 11 is 0. The Labute approximate surface area is 129 Å². The normalized spacial score (nSPS) is 12.2. The van der Waals surface area contributed by atoms with Crippen LogP contribution in [0.2, 0.25) is 0 Å². The molecule has 1 aromatic heterocycles. The van der Waals surface area contributed by atoms with E-state index in [0.29, 0.717) is 12.2 Å². The van der Waals surface area contributed by atoms with Crippen molar-refractivity contribution in [1.29, 1.82) is 0 Å². The van der Waals surface area contributed by atoms with Gasteiger partial charge in [0.1, 0.15) is 11.5 Å². The summed E-state index contributed by atoms with van der Waals surface area (Å²) in [5.74, 6) is -0.0269. The van der Waals surface area contributed by atoms with Gasteiger partial charge in [0.05, 0.1) is 18.7 Å². The molecule has 0 aliphatic heterocycles. The molecule has 0 spiro atoms. The minimum Gasteiger partial charge on any atom is -0.496 e. The van der Waals surface area contributed by atoms with Crippen LogP contribution in [0.1, 0.15) is 41.0 Å². The predicted octanol–water partition coefficient (Wildman–Crippen LogP) is 3.27. The summed E-state index contributed by atoms with van der Waals surface area (Å²) in [5, 5.41) is 13.5. The standard InChI is InChI=1S/C17H21NO4/c1-5-12-8-13(6-7-16(12)21-4)15(17(19)20)9-14-10(2)18-22-11(14)3/h6-8,15H,5,9H2,1-4H3,(H,19,20). The van der Waals surface area contributed by atoms with Crippen LogP contribution in [-0.4, -0.2) is 23.3 Å². The Morgan fingerprint density at radius 2 is 2.14 bits per heavy atom. The Morgan fingerprint density at radius 1 is 1.41 bits per heavy atom. The first kappa shape index (κ1) is 16.1. The maximum Gasteiger partial charge on any atom is 0.311 e. The fourth-order valence-electron chi connectivity index (χ4n) is 2.64. The highest BCUT2D eigenvalue weighted by atomic mass is 16.5. The molecule has 2 rings (SSSR count).